The van der Waals surface area contributed by atoms with Crippen molar-refractivity contribution in [1.29, 1.82) is 0 Å². The number of anilines is 2. The molecule has 186 valence electrons. The van der Waals surface area contributed by atoms with E-state index in [0.717, 1.165) is 11.1 Å². The van der Waals surface area contributed by atoms with Crippen LogP contribution in [0.5, 0.6) is 11.5 Å². The van der Waals surface area contributed by atoms with Crippen LogP contribution in [0, 0.1) is 12.8 Å². The maximum absolute atomic E-state index is 13.1. The summed E-state index contributed by atoms with van der Waals surface area (Å²) >= 11 is 0. The van der Waals surface area contributed by atoms with Gasteiger partial charge in [-0.25, -0.2) is 0 Å². The van der Waals surface area contributed by atoms with E-state index < -0.39 is 5.92 Å². The number of aryl methyl sites for hydroxylation is 1. The summed E-state index contributed by atoms with van der Waals surface area (Å²) in [5.41, 5.74) is 3.47. The third kappa shape index (κ3) is 5.66. The Hall–Kier alpha value is -4.33. The first-order chi connectivity index (χ1) is 17.4. The summed E-state index contributed by atoms with van der Waals surface area (Å²) < 4.78 is 10.9. The summed E-state index contributed by atoms with van der Waals surface area (Å²) in [6, 6.07) is 20.0. The molecule has 1 aliphatic heterocycles. The quantitative estimate of drug-likeness (QED) is 0.495. The van der Waals surface area contributed by atoms with Crippen molar-refractivity contribution in [3.63, 3.8) is 0 Å². The highest BCUT2D eigenvalue weighted by Crippen LogP contribution is 2.37. The van der Waals surface area contributed by atoms with Gasteiger partial charge in [-0.2, -0.15) is 0 Å². The van der Waals surface area contributed by atoms with Crippen LogP contribution in [0.3, 0.4) is 0 Å². The molecule has 0 spiro atoms. The third-order valence-corrected chi connectivity index (χ3v) is 6.14. The number of carbonyl (C=O) groups excluding carboxylic acids is 3. The van der Waals surface area contributed by atoms with Crippen molar-refractivity contribution in [2.75, 3.05) is 31.4 Å². The van der Waals surface area contributed by atoms with Crippen LogP contribution in [0.4, 0.5) is 11.4 Å². The van der Waals surface area contributed by atoms with Crippen LogP contribution in [-0.2, 0) is 16.1 Å². The van der Waals surface area contributed by atoms with Crippen LogP contribution >= 0.6 is 0 Å². The molecule has 36 heavy (non-hydrogen) atoms. The zero-order chi connectivity index (χ0) is 25.7. The van der Waals surface area contributed by atoms with Gasteiger partial charge in [0.25, 0.3) is 5.91 Å². The van der Waals surface area contributed by atoms with Gasteiger partial charge in [-0.1, -0.05) is 48.0 Å². The number of nitrogens with zero attached hydrogens (tertiary/aromatic N) is 1. The molecular weight excluding hydrogens is 458 g/mol. The van der Waals surface area contributed by atoms with Gasteiger partial charge in [0, 0.05) is 37.2 Å². The first kappa shape index (κ1) is 24.8. The normalized spacial score (nSPS) is 14.9. The molecule has 1 fully saturated rings. The fourth-order valence-corrected chi connectivity index (χ4v) is 4.13. The van der Waals surface area contributed by atoms with Gasteiger partial charge in [-0.3, -0.25) is 14.4 Å². The number of benzene rings is 3. The number of carbonyl (C=O) groups is 3. The van der Waals surface area contributed by atoms with Gasteiger partial charge < -0.3 is 25.0 Å². The van der Waals surface area contributed by atoms with E-state index in [1.54, 1.807) is 41.3 Å². The van der Waals surface area contributed by atoms with Crippen molar-refractivity contribution in [2.24, 2.45) is 5.92 Å². The Morgan fingerprint density at radius 3 is 2.14 bits per heavy atom. The maximum Gasteiger partial charge on any atom is 0.255 e. The van der Waals surface area contributed by atoms with E-state index in [-0.39, 0.29) is 24.1 Å². The van der Waals surface area contributed by atoms with Gasteiger partial charge in [-0.05, 0) is 24.6 Å². The molecule has 0 bridgehead atoms. The van der Waals surface area contributed by atoms with Crippen molar-refractivity contribution in [2.45, 2.75) is 19.9 Å². The van der Waals surface area contributed by atoms with Crippen molar-refractivity contribution in [1.82, 2.24) is 4.90 Å². The van der Waals surface area contributed by atoms with Crippen LogP contribution in [-0.4, -0.2) is 43.4 Å². The SMILES string of the molecule is COc1cc(NC(=O)C2CC(=O)N(Cc3ccc(C)cc3)C2)c(OC)cc1NC(=O)c1ccccc1. The van der Waals surface area contributed by atoms with Crippen LogP contribution in [0.15, 0.2) is 66.7 Å². The molecule has 3 aromatic rings. The van der Waals surface area contributed by atoms with Gasteiger partial charge in [0.2, 0.25) is 11.8 Å². The van der Waals surface area contributed by atoms with E-state index in [2.05, 4.69) is 10.6 Å². The average Bonchev–Trinajstić information content (AvgIpc) is 3.26. The van der Waals surface area contributed by atoms with Crippen molar-refractivity contribution in [3.05, 3.63) is 83.4 Å². The lowest BCUT2D eigenvalue weighted by molar-refractivity contribution is -0.128. The van der Waals surface area contributed by atoms with E-state index in [9.17, 15) is 14.4 Å². The van der Waals surface area contributed by atoms with Gasteiger partial charge in [0.05, 0.1) is 31.5 Å². The first-order valence-corrected chi connectivity index (χ1v) is 11.6. The highest BCUT2D eigenvalue weighted by molar-refractivity contribution is 6.06. The van der Waals surface area contributed by atoms with Crippen molar-refractivity contribution >= 4 is 29.1 Å². The van der Waals surface area contributed by atoms with Gasteiger partial charge in [0.1, 0.15) is 11.5 Å². The largest absolute Gasteiger partial charge is 0.494 e. The van der Waals surface area contributed by atoms with Crippen LogP contribution in [0.25, 0.3) is 0 Å². The molecule has 0 radical (unpaired) electrons. The van der Waals surface area contributed by atoms with Gasteiger partial charge in [-0.15, -0.1) is 0 Å². The minimum atomic E-state index is -0.490. The highest BCUT2D eigenvalue weighted by Gasteiger charge is 2.34. The molecule has 0 saturated carbocycles. The molecule has 3 aromatic carbocycles. The van der Waals surface area contributed by atoms with E-state index >= 15 is 0 Å². The Kier molecular flexibility index (Phi) is 7.53. The minimum absolute atomic E-state index is 0.0563. The second-order valence-corrected chi connectivity index (χ2v) is 8.72. The maximum atomic E-state index is 13.1. The van der Waals surface area contributed by atoms with Gasteiger partial charge in [0.15, 0.2) is 0 Å². The van der Waals surface area contributed by atoms with E-state index in [4.69, 9.17) is 9.47 Å². The molecule has 1 heterocycles. The molecule has 2 N–H and O–H groups in total. The smallest absolute Gasteiger partial charge is 0.255 e. The fraction of sp³-hybridized carbons (Fsp3) is 0.250. The standard InChI is InChI=1S/C28H29N3O5/c1-18-9-11-19(12-10-18)16-31-17-21(13-26(31)32)28(34)30-23-15-24(35-2)22(14-25(23)36-3)29-27(33)20-7-5-4-6-8-20/h4-12,14-15,21H,13,16-17H2,1-3H3,(H,29,33)(H,30,34). The number of amides is 3. The number of ether oxygens (including phenoxy) is 2. The van der Waals surface area contributed by atoms with Crippen LogP contribution in [0.1, 0.15) is 27.9 Å². The minimum Gasteiger partial charge on any atom is -0.494 e. The molecule has 1 unspecified atom stereocenters. The summed E-state index contributed by atoms with van der Waals surface area (Å²) in [7, 11) is 2.95. The molecule has 8 nitrogen and oxygen atoms in total. The van der Waals surface area contributed by atoms with Crippen molar-refractivity contribution < 1.29 is 23.9 Å². The van der Waals surface area contributed by atoms with E-state index in [1.807, 2.05) is 37.3 Å². The lowest BCUT2D eigenvalue weighted by Gasteiger charge is -2.18. The van der Waals surface area contributed by atoms with Gasteiger partial charge >= 0.3 is 0 Å². The number of nitrogens with one attached hydrogen (secondary N) is 2. The molecule has 1 atom stereocenters. The number of rotatable bonds is 8. The molecular formula is C28H29N3O5. The molecule has 0 aliphatic carbocycles. The summed E-state index contributed by atoms with van der Waals surface area (Å²) in [5, 5.41) is 5.69. The summed E-state index contributed by atoms with van der Waals surface area (Å²) in [6.45, 7) is 2.82. The molecule has 3 amide bonds. The predicted molar refractivity (Wildman–Crippen MR) is 137 cm³/mol. The zero-order valence-electron chi connectivity index (χ0n) is 20.5. The topological polar surface area (TPSA) is 97.0 Å². The van der Waals surface area contributed by atoms with Crippen molar-refractivity contribution in [3.8, 4) is 11.5 Å². The Balaban J connectivity index is 1.46. The molecule has 0 aromatic heterocycles. The lowest BCUT2D eigenvalue weighted by atomic mass is 10.1. The Bertz CT molecular complexity index is 1260. The van der Waals surface area contributed by atoms with Crippen LogP contribution < -0.4 is 20.1 Å². The Morgan fingerprint density at radius 1 is 0.917 bits per heavy atom. The summed E-state index contributed by atoms with van der Waals surface area (Å²) in [5.74, 6) is -0.412. The summed E-state index contributed by atoms with van der Waals surface area (Å²) in [6.07, 6.45) is 0.141. The zero-order valence-corrected chi connectivity index (χ0v) is 20.5. The molecule has 1 saturated heterocycles. The average molecular weight is 488 g/mol. The number of hydrogen-bond acceptors (Lipinski definition) is 5. The number of hydrogen-bond donors (Lipinski definition) is 2. The lowest BCUT2D eigenvalue weighted by Crippen LogP contribution is -2.28. The fourth-order valence-electron chi connectivity index (χ4n) is 4.13. The Morgan fingerprint density at radius 2 is 1.53 bits per heavy atom. The van der Waals surface area contributed by atoms with E-state index in [0.29, 0.717) is 41.5 Å². The van der Waals surface area contributed by atoms with E-state index in [1.165, 1.54) is 14.2 Å². The number of methoxy groups -OCH3 is 2. The molecule has 8 heteroatoms. The molecule has 4 rings (SSSR count). The van der Waals surface area contributed by atoms with Crippen LogP contribution in [0.2, 0.25) is 0 Å². The number of likely N-dealkylation sites (tertiary alicyclic amines) is 1. The molecule has 1 aliphatic rings. The first-order valence-electron chi connectivity index (χ1n) is 11.6. The second-order valence-electron chi connectivity index (χ2n) is 8.72. The highest BCUT2D eigenvalue weighted by atomic mass is 16.5. The third-order valence-electron chi connectivity index (χ3n) is 6.14. The second kappa shape index (κ2) is 10.9. The monoisotopic (exact) mass is 487 g/mol. The summed E-state index contributed by atoms with van der Waals surface area (Å²) in [4.78, 5) is 39.9. The Labute approximate surface area is 210 Å². The predicted octanol–water partition coefficient (Wildman–Crippen LogP) is 4.25.